The quantitative estimate of drug-likeness (QED) is 0.767. The molecule has 4 heteroatoms. The van der Waals surface area contributed by atoms with Crippen LogP contribution in [0, 0.1) is 5.92 Å². The average molecular weight is 182 g/mol. The zero-order chi connectivity index (χ0) is 10.0. The normalized spacial score (nSPS) is 10.8. The van der Waals surface area contributed by atoms with Gasteiger partial charge in [0.05, 0.1) is 5.69 Å². The second-order valence-corrected chi connectivity index (χ2v) is 3.57. The molecule has 0 aliphatic rings. The number of carboxylic acid groups (broad SMARTS) is 1. The van der Waals surface area contributed by atoms with Crippen LogP contribution in [-0.4, -0.2) is 20.9 Å². The zero-order valence-corrected chi connectivity index (χ0v) is 8.11. The van der Waals surface area contributed by atoms with Gasteiger partial charge in [0.25, 0.3) is 0 Å². The second kappa shape index (κ2) is 3.60. The van der Waals surface area contributed by atoms with E-state index in [0.29, 0.717) is 23.6 Å². The highest BCUT2D eigenvalue weighted by atomic mass is 16.4. The zero-order valence-electron chi connectivity index (χ0n) is 8.11. The third-order valence-electron chi connectivity index (χ3n) is 1.74. The van der Waals surface area contributed by atoms with Crippen molar-refractivity contribution in [1.29, 1.82) is 0 Å². The van der Waals surface area contributed by atoms with Gasteiger partial charge in [-0.15, -0.1) is 0 Å². The van der Waals surface area contributed by atoms with E-state index < -0.39 is 5.97 Å². The number of carboxylic acids is 1. The van der Waals surface area contributed by atoms with Gasteiger partial charge in [-0.1, -0.05) is 13.8 Å². The smallest absolute Gasteiger partial charge is 0.339 e. The van der Waals surface area contributed by atoms with Gasteiger partial charge in [0, 0.05) is 13.2 Å². The molecule has 0 aromatic carbocycles. The van der Waals surface area contributed by atoms with Crippen LogP contribution < -0.4 is 0 Å². The van der Waals surface area contributed by atoms with Gasteiger partial charge in [0.1, 0.15) is 5.56 Å². The number of hydrogen-bond acceptors (Lipinski definition) is 2. The maximum Gasteiger partial charge on any atom is 0.339 e. The van der Waals surface area contributed by atoms with Gasteiger partial charge in [0.15, 0.2) is 0 Å². The van der Waals surface area contributed by atoms with Crippen molar-refractivity contribution in [2.45, 2.75) is 20.3 Å². The Morgan fingerprint density at radius 3 is 2.77 bits per heavy atom. The first kappa shape index (κ1) is 9.77. The Kier molecular flexibility index (Phi) is 2.70. The Labute approximate surface area is 77.2 Å². The van der Waals surface area contributed by atoms with E-state index in [1.807, 2.05) is 13.8 Å². The van der Waals surface area contributed by atoms with Crippen LogP contribution in [0.4, 0.5) is 0 Å². The molecule has 0 saturated heterocycles. The number of carbonyl (C=O) groups is 1. The van der Waals surface area contributed by atoms with Gasteiger partial charge in [-0.25, -0.2) is 4.79 Å². The highest BCUT2D eigenvalue weighted by Gasteiger charge is 2.14. The Morgan fingerprint density at radius 1 is 1.69 bits per heavy atom. The van der Waals surface area contributed by atoms with E-state index in [-0.39, 0.29) is 0 Å². The number of aromatic nitrogens is 2. The molecular formula is C9H14N2O2. The molecule has 1 heterocycles. The highest BCUT2D eigenvalue weighted by Crippen LogP contribution is 2.11. The van der Waals surface area contributed by atoms with Crippen molar-refractivity contribution in [3.05, 3.63) is 17.5 Å². The summed E-state index contributed by atoms with van der Waals surface area (Å²) in [7, 11) is 1.73. The summed E-state index contributed by atoms with van der Waals surface area (Å²) in [5.41, 5.74) is 0.987. The van der Waals surface area contributed by atoms with Crippen LogP contribution in [0.25, 0.3) is 0 Å². The van der Waals surface area contributed by atoms with Crippen molar-refractivity contribution in [2.24, 2.45) is 13.0 Å². The number of aryl methyl sites for hydroxylation is 1. The second-order valence-electron chi connectivity index (χ2n) is 3.57. The van der Waals surface area contributed by atoms with Crippen LogP contribution in [0.2, 0.25) is 0 Å². The van der Waals surface area contributed by atoms with Crippen molar-refractivity contribution >= 4 is 5.97 Å². The maximum atomic E-state index is 10.8. The lowest BCUT2D eigenvalue weighted by Crippen LogP contribution is -2.03. The molecule has 1 N–H and O–H groups in total. The summed E-state index contributed by atoms with van der Waals surface area (Å²) in [6, 6.07) is 0. The summed E-state index contributed by atoms with van der Waals surface area (Å²) < 4.78 is 1.54. The number of rotatable bonds is 3. The van der Waals surface area contributed by atoms with Crippen LogP contribution in [0.5, 0.6) is 0 Å². The molecule has 0 radical (unpaired) electrons. The van der Waals surface area contributed by atoms with Gasteiger partial charge >= 0.3 is 5.97 Å². The summed E-state index contributed by atoms with van der Waals surface area (Å²) in [6.45, 7) is 4.08. The fourth-order valence-corrected chi connectivity index (χ4v) is 1.25. The molecule has 4 nitrogen and oxygen atoms in total. The minimum Gasteiger partial charge on any atom is -0.478 e. The van der Waals surface area contributed by atoms with Crippen LogP contribution in [0.3, 0.4) is 0 Å². The minimum absolute atomic E-state index is 0.316. The number of nitrogens with zero attached hydrogens (tertiary/aromatic N) is 2. The molecule has 1 aromatic heterocycles. The maximum absolute atomic E-state index is 10.8. The Hall–Kier alpha value is -1.32. The van der Waals surface area contributed by atoms with Crippen molar-refractivity contribution in [3.8, 4) is 0 Å². The van der Waals surface area contributed by atoms with Crippen molar-refractivity contribution < 1.29 is 9.90 Å². The molecule has 0 spiro atoms. The first-order valence-corrected chi connectivity index (χ1v) is 4.26. The molecule has 0 aliphatic carbocycles. The fraction of sp³-hybridized carbons (Fsp3) is 0.556. The fourth-order valence-electron chi connectivity index (χ4n) is 1.25. The monoisotopic (exact) mass is 182 g/mol. The van der Waals surface area contributed by atoms with Crippen molar-refractivity contribution in [3.63, 3.8) is 0 Å². The summed E-state index contributed by atoms with van der Waals surface area (Å²) in [5, 5.41) is 12.9. The first-order chi connectivity index (χ1) is 6.00. The molecular weight excluding hydrogens is 168 g/mol. The van der Waals surface area contributed by atoms with E-state index >= 15 is 0 Å². The lowest BCUT2D eigenvalue weighted by Gasteiger charge is -2.01. The Balaban J connectivity index is 2.97. The summed E-state index contributed by atoms with van der Waals surface area (Å²) in [6.07, 6.45) is 2.25. The lowest BCUT2D eigenvalue weighted by molar-refractivity contribution is 0.0695. The van der Waals surface area contributed by atoms with Gasteiger partial charge < -0.3 is 5.11 Å². The SMILES string of the molecule is CC(C)Cc1nn(C)cc1C(=O)O. The largest absolute Gasteiger partial charge is 0.478 e. The standard InChI is InChI=1S/C9H14N2O2/c1-6(2)4-8-7(9(12)13)5-11(3)10-8/h5-6H,4H2,1-3H3,(H,12,13). The van der Waals surface area contributed by atoms with Gasteiger partial charge in [-0.2, -0.15) is 5.10 Å². The highest BCUT2D eigenvalue weighted by molar-refractivity contribution is 5.88. The van der Waals surface area contributed by atoms with Crippen LogP contribution >= 0.6 is 0 Å². The van der Waals surface area contributed by atoms with E-state index in [4.69, 9.17) is 5.11 Å². The lowest BCUT2D eigenvalue weighted by atomic mass is 10.1. The van der Waals surface area contributed by atoms with E-state index in [9.17, 15) is 4.79 Å². The summed E-state index contributed by atoms with van der Waals surface area (Å²) >= 11 is 0. The minimum atomic E-state index is -0.899. The van der Waals surface area contributed by atoms with Gasteiger partial charge in [0.2, 0.25) is 0 Å². The Bertz CT molecular complexity index is 315. The average Bonchev–Trinajstić information content (AvgIpc) is 2.29. The van der Waals surface area contributed by atoms with E-state index in [0.717, 1.165) is 0 Å². The third kappa shape index (κ3) is 2.31. The molecule has 0 amide bonds. The summed E-state index contributed by atoms with van der Waals surface area (Å²) in [4.78, 5) is 10.8. The van der Waals surface area contributed by atoms with E-state index in [1.165, 1.54) is 0 Å². The van der Waals surface area contributed by atoms with E-state index in [1.54, 1.807) is 17.9 Å². The molecule has 0 atom stereocenters. The Morgan fingerprint density at radius 2 is 2.31 bits per heavy atom. The molecule has 0 bridgehead atoms. The predicted molar refractivity (Wildman–Crippen MR) is 48.7 cm³/mol. The van der Waals surface area contributed by atoms with Gasteiger partial charge in [-0.3, -0.25) is 4.68 Å². The number of aromatic carboxylic acids is 1. The van der Waals surface area contributed by atoms with Crippen LogP contribution in [0.15, 0.2) is 6.20 Å². The molecule has 0 unspecified atom stereocenters. The first-order valence-electron chi connectivity index (χ1n) is 4.26. The van der Waals surface area contributed by atoms with Crippen LogP contribution in [0.1, 0.15) is 29.9 Å². The molecule has 1 aromatic rings. The topological polar surface area (TPSA) is 55.1 Å². The molecule has 0 saturated carbocycles. The predicted octanol–water partition coefficient (Wildman–Crippen LogP) is 1.32. The van der Waals surface area contributed by atoms with E-state index in [2.05, 4.69) is 5.10 Å². The molecule has 0 aliphatic heterocycles. The molecule has 0 fully saturated rings. The van der Waals surface area contributed by atoms with Crippen LogP contribution in [-0.2, 0) is 13.5 Å². The van der Waals surface area contributed by atoms with Gasteiger partial charge in [-0.05, 0) is 12.3 Å². The molecule has 72 valence electrons. The molecule has 13 heavy (non-hydrogen) atoms. The van der Waals surface area contributed by atoms with Crippen molar-refractivity contribution in [1.82, 2.24) is 9.78 Å². The van der Waals surface area contributed by atoms with Crippen molar-refractivity contribution in [2.75, 3.05) is 0 Å². The third-order valence-corrected chi connectivity index (χ3v) is 1.74. The summed E-state index contributed by atoms with van der Waals surface area (Å²) in [5.74, 6) is -0.475. The number of hydrogen-bond donors (Lipinski definition) is 1. The molecule has 1 rings (SSSR count).